The molecule has 2 aliphatic heterocycles. The minimum absolute atomic E-state index is 0.173. The van der Waals surface area contributed by atoms with E-state index in [1.165, 1.54) is 14.2 Å². The fourth-order valence-corrected chi connectivity index (χ4v) is 8.07. The zero-order chi connectivity index (χ0) is 39.0. The first kappa shape index (κ1) is 37.1. The molecule has 0 spiro atoms. The standard InChI is InChI=1S/C46H45N2O7/c1-8-47(9-2)28-20-22-34-36(24-28)54-38-26-39-44(40(27(5)49)43(38)41(34)30-16-12-14-18-32(30)45(50)52-6)42(31-17-13-15-19-33(31)46(51)53-7)35-23-21-29(25-37(35)55-39)48(10-3)11-4/h12-26,40H,8-11H2,1-7H3/q+1. The van der Waals surface area contributed by atoms with Gasteiger partial charge in [0.05, 0.1) is 37.3 Å². The molecule has 0 N–H and O–H groups in total. The number of hydrogen-bond acceptors (Lipinski definition) is 8. The van der Waals surface area contributed by atoms with Crippen molar-refractivity contribution < 1.29 is 33.0 Å². The second-order valence-corrected chi connectivity index (χ2v) is 13.5. The summed E-state index contributed by atoms with van der Waals surface area (Å²) < 4.78 is 26.4. The first-order valence-electron chi connectivity index (χ1n) is 18.8. The van der Waals surface area contributed by atoms with Crippen LogP contribution in [0.4, 0.5) is 5.69 Å². The molecule has 3 aromatic carbocycles. The van der Waals surface area contributed by atoms with Gasteiger partial charge in [-0.1, -0.05) is 36.4 Å². The summed E-state index contributed by atoms with van der Waals surface area (Å²) in [6.07, 6.45) is 1.84. The minimum Gasteiger partial charge on any atom is -0.465 e. The van der Waals surface area contributed by atoms with E-state index in [0.29, 0.717) is 67.6 Å². The highest BCUT2D eigenvalue weighted by atomic mass is 16.5. The molecule has 1 unspecified atom stereocenters. The number of anilines is 1. The van der Waals surface area contributed by atoms with Gasteiger partial charge >= 0.3 is 11.9 Å². The Morgan fingerprint density at radius 1 is 0.745 bits per heavy atom. The zero-order valence-electron chi connectivity index (χ0n) is 32.3. The number of fused-ring (bicyclic) bond motifs is 4. The van der Waals surface area contributed by atoms with Gasteiger partial charge in [0.1, 0.15) is 41.9 Å². The smallest absolute Gasteiger partial charge is 0.338 e. The van der Waals surface area contributed by atoms with Gasteiger partial charge in [0.15, 0.2) is 0 Å². The third kappa shape index (κ3) is 6.33. The fourth-order valence-electron chi connectivity index (χ4n) is 8.07. The van der Waals surface area contributed by atoms with Gasteiger partial charge in [-0.05, 0) is 76.1 Å². The Bertz CT molecular complexity index is 2460. The Morgan fingerprint density at radius 3 is 1.98 bits per heavy atom. The summed E-state index contributed by atoms with van der Waals surface area (Å²) in [5.74, 6) is -0.0778. The summed E-state index contributed by atoms with van der Waals surface area (Å²) in [5.41, 5.74) is 6.87. The van der Waals surface area contributed by atoms with E-state index >= 15 is 0 Å². The summed E-state index contributed by atoms with van der Waals surface area (Å²) in [7, 11) is 2.71. The van der Waals surface area contributed by atoms with Gasteiger partial charge in [-0.15, -0.1) is 0 Å². The van der Waals surface area contributed by atoms with Gasteiger partial charge in [0.2, 0.25) is 5.36 Å². The lowest BCUT2D eigenvalue weighted by Crippen LogP contribution is -2.29. The van der Waals surface area contributed by atoms with E-state index in [1.54, 1.807) is 31.2 Å². The largest absolute Gasteiger partial charge is 0.465 e. The highest BCUT2D eigenvalue weighted by Crippen LogP contribution is 2.55. The molecule has 280 valence electrons. The van der Waals surface area contributed by atoms with Gasteiger partial charge in [-0.25, -0.2) is 14.2 Å². The molecule has 55 heavy (non-hydrogen) atoms. The SMILES string of the molecule is CCN(CC)c1ccc2c(c1)OC1=Cc3oc4cc(=[N+](CC)CC)ccc-4c(-c4ccccc4C(=O)OC)c3C(C(C)=O)C1=C2c1ccccc1C(=O)OC. The zero-order valence-corrected chi connectivity index (χ0v) is 32.3. The quantitative estimate of drug-likeness (QED) is 0.105. The maximum Gasteiger partial charge on any atom is 0.338 e. The summed E-state index contributed by atoms with van der Waals surface area (Å²) in [6, 6.07) is 26.6. The lowest BCUT2D eigenvalue weighted by atomic mass is 9.72. The third-order valence-electron chi connectivity index (χ3n) is 10.7. The maximum atomic E-state index is 14.5. The number of carbonyl (C=O) groups excluding carboxylic acids is 3. The second kappa shape index (κ2) is 15.3. The normalized spacial score (nSPS) is 14.2. The Hall–Kier alpha value is -6.22. The first-order chi connectivity index (χ1) is 26.7. The molecule has 9 heteroatoms. The second-order valence-electron chi connectivity index (χ2n) is 13.5. The van der Waals surface area contributed by atoms with E-state index in [-0.39, 0.29) is 5.78 Å². The summed E-state index contributed by atoms with van der Waals surface area (Å²) >= 11 is 0. The number of nitrogens with zero attached hydrogens (tertiary/aromatic N) is 2. The fraction of sp³-hybridized carbons (Fsp3) is 0.261. The number of carbonyl (C=O) groups is 3. The molecule has 0 fully saturated rings. The molecular formula is C46H45N2O7+. The van der Waals surface area contributed by atoms with Crippen LogP contribution in [0.2, 0.25) is 0 Å². The number of allylic oxidation sites excluding steroid dienone is 1. The Morgan fingerprint density at radius 2 is 1.36 bits per heavy atom. The molecular weight excluding hydrogens is 693 g/mol. The van der Waals surface area contributed by atoms with Crippen LogP contribution in [-0.4, -0.2) is 58.1 Å². The van der Waals surface area contributed by atoms with Gasteiger partial charge < -0.3 is 23.5 Å². The molecule has 7 rings (SSSR count). The number of ether oxygens (including phenoxy) is 3. The van der Waals surface area contributed by atoms with Crippen molar-refractivity contribution in [3.8, 4) is 28.2 Å². The van der Waals surface area contributed by atoms with Gasteiger partial charge in [0.25, 0.3) is 0 Å². The number of rotatable bonds is 10. The average molecular weight is 738 g/mol. The maximum absolute atomic E-state index is 14.5. The van der Waals surface area contributed by atoms with Gasteiger partial charge in [0, 0.05) is 70.4 Å². The van der Waals surface area contributed by atoms with E-state index < -0.39 is 17.9 Å². The van der Waals surface area contributed by atoms with E-state index in [4.69, 9.17) is 18.6 Å². The van der Waals surface area contributed by atoms with E-state index in [1.807, 2.05) is 66.7 Å². The predicted octanol–water partition coefficient (Wildman–Crippen LogP) is 8.20. The van der Waals surface area contributed by atoms with Gasteiger partial charge in [-0.3, -0.25) is 4.79 Å². The molecule has 0 bridgehead atoms. The molecule has 9 nitrogen and oxygen atoms in total. The number of hydrogen-bond donors (Lipinski definition) is 0. The van der Waals surface area contributed by atoms with Crippen LogP contribution in [0.25, 0.3) is 34.1 Å². The van der Waals surface area contributed by atoms with E-state index in [9.17, 15) is 14.4 Å². The van der Waals surface area contributed by atoms with Crippen LogP contribution < -0.4 is 19.6 Å². The van der Waals surface area contributed by atoms with Crippen molar-refractivity contribution in [3.63, 3.8) is 0 Å². The summed E-state index contributed by atoms with van der Waals surface area (Å²) in [4.78, 5) is 43.5. The van der Waals surface area contributed by atoms with E-state index in [2.05, 4.69) is 37.2 Å². The molecule has 0 radical (unpaired) electrons. The highest BCUT2D eigenvalue weighted by molar-refractivity contribution is 6.08. The molecule has 1 atom stereocenters. The van der Waals surface area contributed by atoms with Crippen LogP contribution in [-0.2, 0) is 14.3 Å². The van der Waals surface area contributed by atoms with Gasteiger partial charge in [-0.2, -0.15) is 0 Å². The number of methoxy groups -OCH3 is 2. The monoisotopic (exact) mass is 737 g/mol. The van der Waals surface area contributed by atoms with Crippen molar-refractivity contribution >= 4 is 35.1 Å². The topological polar surface area (TPSA) is 98.3 Å². The molecule has 3 aromatic rings. The molecule has 0 saturated heterocycles. The predicted molar refractivity (Wildman–Crippen MR) is 214 cm³/mol. The third-order valence-corrected chi connectivity index (χ3v) is 10.7. The Kier molecular flexibility index (Phi) is 10.3. The van der Waals surface area contributed by atoms with Crippen LogP contribution in [0.3, 0.4) is 0 Å². The molecule has 2 heterocycles. The molecule has 2 aliphatic carbocycles. The van der Waals surface area contributed by atoms with Crippen molar-refractivity contribution in [2.75, 3.05) is 45.3 Å². The molecule has 0 amide bonds. The average Bonchev–Trinajstić information content (AvgIpc) is 3.21. The number of ketones is 1. The van der Waals surface area contributed by atoms with Crippen molar-refractivity contribution in [3.05, 3.63) is 135 Å². The molecule has 4 aliphatic rings. The van der Waals surface area contributed by atoms with Crippen LogP contribution in [0, 0.1) is 0 Å². The Labute approximate surface area is 321 Å². The molecule has 0 aromatic heterocycles. The first-order valence-corrected chi connectivity index (χ1v) is 18.8. The van der Waals surface area contributed by atoms with Crippen molar-refractivity contribution in [1.29, 1.82) is 0 Å². The number of benzene rings is 4. The number of Topliss-reactive ketones (excluding diaryl/α,β-unsaturated/α-hetero) is 1. The lowest BCUT2D eigenvalue weighted by molar-refractivity contribution is -0.117. The number of esters is 2. The van der Waals surface area contributed by atoms with Crippen LogP contribution in [0.15, 0.2) is 101 Å². The summed E-state index contributed by atoms with van der Waals surface area (Å²) in [6.45, 7) is 13.2. The van der Waals surface area contributed by atoms with Crippen LogP contribution >= 0.6 is 0 Å². The molecule has 0 saturated carbocycles. The van der Waals surface area contributed by atoms with E-state index in [0.717, 1.165) is 48.4 Å². The van der Waals surface area contributed by atoms with Crippen LogP contribution in [0.1, 0.15) is 83.7 Å². The minimum atomic E-state index is -0.928. The summed E-state index contributed by atoms with van der Waals surface area (Å²) in [5, 5.41) is 0.981. The van der Waals surface area contributed by atoms with Crippen molar-refractivity contribution in [2.45, 2.75) is 40.5 Å². The Balaban J connectivity index is 1.66. The lowest BCUT2D eigenvalue weighted by Gasteiger charge is -2.36. The highest BCUT2D eigenvalue weighted by Gasteiger charge is 2.42. The van der Waals surface area contributed by atoms with Crippen LogP contribution in [0.5, 0.6) is 5.75 Å². The van der Waals surface area contributed by atoms with Crippen molar-refractivity contribution in [1.82, 2.24) is 4.58 Å². The van der Waals surface area contributed by atoms with Crippen molar-refractivity contribution in [2.24, 2.45) is 0 Å².